The number of carbonyl (C=O) groups excluding carboxylic acids is 1. The lowest BCUT2D eigenvalue weighted by molar-refractivity contribution is 0.0539. The van der Waals surface area contributed by atoms with Crippen LogP contribution in [0.2, 0.25) is 0 Å². The van der Waals surface area contributed by atoms with Crippen LogP contribution in [0.4, 0.5) is 5.69 Å². The Morgan fingerprint density at radius 2 is 1.56 bits per heavy atom. The lowest BCUT2D eigenvalue weighted by Gasteiger charge is -2.25. The van der Waals surface area contributed by atoms with Crippen LogP contribution in [0.25, 0.3) is 33.4 Å². The second-order valence-corrected chi connectivity index (χ2v) is 11.9. The van der Waals surface area contributed by atoms with Gasteiger partial charge in [0.25, 0.3) is 5.91 Å². The van der Waals surface area contributed by atoms with Gasteiger partial charge in [-0.15, -0.1) is 0 Å². The highest BCUT2D eigenvalue weighted by molar-refractivity contribution is 7.92. The lowest BCUT2D eigenvalue weighted by atomic mass is 9.98. The summed E-state index contributed by atoms with van der Waals surface area (Å²) < 4.78 is 34.2. The van der Waals surface area contributed by atoms with Crippen molar-refractivity contribution in [3.8, 4) is 22.5 Å². The number of carbonyl (C=O) groups is 1. The molecule has 0 unspecified atom stereocenters. The third-order valence-electron chi connectivity index (χ3n) is 6.97. The molecule has 0 atom stereocenters. The summed E-state index contributed by atoms with van der Waals surface area (Å²) >= 11 is 0. The molecule has 8 heteroatoms. The first-order valence-electron chi connectivity index (χ1n) is 13.3. The third kappa shape index (κ3) is 6.19. The summed E-state index contributed by atoms with van der Waals surface area (Å²) in [5.41, 5.74) is 8.04. The van der Waals surface area contributed by atoms with Crippen molar-refractivity contribution in [3.05, 3.63) is 114 Å². The van der Waals surface area contributed by atoms with Gasteiger partial charge >= 0.3 is 0 Å². The predicted molar refractivity (Wildman–Crippen MR) is 163 cm³/mol. The van der Waals surface area contributed by atoms with Gasteiger partial charge in [0, 0.05) is 29.1 Å². The fourth-order valence-electron chi connectivity index (χ4n) is 5.00. The maximum Gasteiger partial charge on any atom is 0.279 e. The zero-order chi connectivity index (χ0) is 29.0. The number of aryl methyl sites for hydroxylation is 2. The van der Waals surface area contributed by atoms with Gasteiger partial charge < -0.3 is 4.42 Å². The first-order valence-corrected chi connectivity index (χ1v) is 15.2. The van der Waals surface area contributed by atoms with E-state index in [2.05, 4.69) is 5.48 Å². The fourth-order valence-corrected chi connectivity index (χ4v) is 5.97. The van der Waals surface area contributed by atoms with Crippen molar-refractivity contribution in [2.24, 2.45) is 0 Å². The highest BCUT2D eigenvalue weighted by Gasteiger charge is 2.27. The summed E-state index contributed by atoms with van der Waals surface area (Å²) in [5, 5.41) is 0.551. The SMILES string of the molecule is CONC(=O)c1c(-c2ccc(C)cc2)oc2cc(N(CCCc3ccccc3)S(C)(=O)=O)c(-c3ccccc3)cc12. The van der Waals surface area contributed by atoms with Crippen molar-refractivity contribution in [1.82, 2.24) is 5.48 Å². The molecule has 0 spiro atoms. The minimum atomic E-state index is -3.66. The Morgan fingerprint density at radius 3 is 2.20 bits per heavy atom. The van der Waals surface area contributed by atoms with Gasteiger partial charge in [0.15, 0.2) is 0 Å². The molecule has 0 fully saturated rings. The van der Waals surface area contributed by atoms with Crippen LogP contribution in [-0.4, -0.2) is 34.2 Å². The number of furan rings is 1. The van der Waals surface area contributed by atoms with Crippen LogP contribution in [0.3, 0.4) is 0 Å². The minimum Gasteiger partial charge on any atom is -0.455 e. The van der Waals surface area contributed by atoms with Crippen LogP contribution < -0.4 is 9.79 Å². The summed E-state index contributed by atoms with van der Waals surface area (Å²) in [6, 6.07) is 30.8. The monoisotopic (exact) mass is 568 g/mol. The van der Waals surface area contributed by atoms with E-state index in [1.165, 1.54) is 17.7 Å². The first-order chi connectivity index (χ1) is 19.8. The Hall–Kier alpha value is -4.40. The molecule has 0 bridgehead atoms. The summed E-state index contributed by atoms with van der Waals surface area (Å²) in [4.78, 5) is 18.2. The molecule has 210 valence electrons. The molecule has 0 radical (unpaired) electrons. The summed E-state index contributed by atoms with van der Waals surface area (Å²) in [5.74, 6) is -0.0860. The summed E-state index contributed by atoms with van der Waals surface area (Å²) in [6.45, 7) is 2.26. The van der Waals surface area contributed by atoms with Crippen LogP contribution >= 0.6 is 0 Å². The molecular weight excluding hydrogens is 536 g/mol. The number of anilines is 1. The molecule has 7 nitrogen and oxygen atoms in total. The van der Waals surface area contributed by atoms with Gasteiger partial charge in [0.2, 0.25) is 10.0 Å². The molecule has 0 aliphatic rings. The van der Waals surface area contributed by atoms with Crippen molar-refractivity contribution in [3.63, 3.8) is 0 Å². The van der Waals surface area contributed by atoms with Crippen LogP contribution in [0.5, 0.6) is 0 Å². The molecule has 0 aliphatic carbocycles. The second-order valence-electron chi connectivity index (χ2n) is 9.96. The van der Waals surface area contributed by atoms with Crippen LogP contribution in [-0.2, 0) is 21.3 Å². The Kier molecular flexibility index (Phi) is 8.23. The number of benzene rings is 4. The van der Waals surface area contributed by atoms with Gasteiger partial charge in [-0.25, -0.2) is 13.9 Å². The number of hydrogen-bond donors (Lipinski definition) is 1. The predicted octanol–water partition coefficient (Wildman–Crippen LogP) is 6.77. The van der Waals surface area contributed by atoms with Crippen LogP contribution in [0.1, 0.15) is 27.9 Å². The standard InChI is InChI=1S/C33H32N2O5S/c1-23-16-18-26(19-17-23)32-31(33(36)34-39-2)28-21-27(25-14-8-5-9-15-25)29(22-30(28)40-32)35(41(3,37)38)20-10-13-24-11-6-4-7-12-24/h4-9,11-12,14-19,21-22H,10,13,20H2,1-3H3,(H,34,36). The van der Waals surface area contributed by atoms with E-state index in [0.29, 0.717) is 40.0 Å². The number of fused-ring (bicyclic) bond motifs is 1. The van der Waals surface area contributed by atoms with E-state index in [9.17, 15) is 13.2 Å². The molecule has 5 rings (SSSR count). The molecule has 41 heavy (non-hydrogen) atoms. The Morgan fingerprint density at radius 1 is 0.902 bits per heavy atom. The van der Waals surface area contributed by atoms with Gasteiger partial charge in [-0.2, -0.15) is 0 Å². The summed E-state index contributed by atoms with van der Waals surface area (Å²) in [7, 11) is -2.29. The average molecular weight is 569 g/mol. The van der Waals surface area contributed by atoms with E-state index in [0.717, 1.165) is 28.7 Å². The normalized spacial score (nSPS) is 11.5. The average Bonchev–Trinajstić information content (AvgIpc) is 3.34. The molecule has 1 heterocycles. The number of rotatable bonds is 10. The quantitative estimate of drug-likeness (QED) is 0.188. The van der Waals surface area contributed by atoms with Crippen molar-refractivity contribution in [2.75, 3.05) is 24.2 Å². The van der Waals surface area contributed by atoms with Crippen molar-refractivity contribution >= 4 is 32.6 Å². The zero-order valence-electron chi connectivity index (χ0n) is 23.3. The summed E-state index contributed by atoms with van der Waals surface area (Å²) in [6.07, 6.45) is 2.57. The Balaban J connectivity index is 1.70. The van der Waals surface area contributed by atoms with Crippen molar-refractivity contribution < 1.29 is 22.5 Å². The number of hydroxylamine groups is 1. The first kappa shape index (κ1) is 28.1. The van der Waals surface area contributed by atoms with Gasteiger partial charge in [0.1, 0.15) is 11.3 Å². The number of nitrogens with zero attached hydrogens (tertiary/aromatic N) is 1. The highest BCUT2D eigenvalue weighted by Crippen LogP contribution is 2.41. The maximum absolute atomic E-state index is 13.3. The topological polar surface area (TPSA) is 88.8 Å². The van der Waals surface area contributed by atoms with Gasteiger partial charge in [-0.1, -0.05) is 90.5 Å². The van der Waals surface area contributed by atoms with Crippen LogP contribution in [0, 0.1) is 6.92 Å². The Bertz CT molecular complexity index is 1760. The van der Waals surface area contributed by atoms with E-state index in [-0.39, 0.29) is 6.54 Å². The molecule has 4 aromatic carbocycles. The van der Waals surface area contributed by atoms with E-state index in [4.69, 9.17) is 9.25 Å². The van der Waals surface area contributed by atoms with Crippen molar-refractivity contribution in [2.45, 2.75) is 19.8 Å². The highest BCUT2D eigenvalue weighted by atomic mass is 32.2. The Labute approximate surface area is 240 Å². The maximum atomic E-state index is 13.3. The van der Waals surface area contributed by atoms with E-state index in [1.807, 2.05) is 97.9 Å². The molecule has 5 aromatic rings. The molecule has 1 amide bonds. The van der Waals surface area contributed by atoms with E-state index in [1.54, 1.807) is 6.07 Å². The largest absolute Gasteiger partial charge is 0.455 e. The van der Waals surface area contributed by atoms with Gasteiger partial charge in [-0.3, -0.25) is 13.9 Å². The minimum absolute atomic E-state index is 0.279. The molecule has 1 aromatic heterocycles. The fraction of sp³-hybridized carbons (Fsp3) is 0.182. The number of hydrogen-bond acceptors (Lipinski definition) is 5. The molecule has 0 aliphatic heterocycles. The smallest absolute Gasteiger partial charge is 0.279 e. The number of nitrogens with one attached hydrogen (secondary N) is 1. The van der Waals surface area contributed by atoms with Crippen LogP contribution in [0.15, 0.2) is 101 Å². The molecule has 0 saturated carbocycles. The third-order valence-corrected chi connectivity index (χ3v) is 8.15. The van der Waals surface area contributed by atoms with E-state index >= 15 is 0 Å². The second kappa shape index (κ2) is 12.0. The zero-order valence-corrected chi connectivity index (χ0v) is 24.1. The number of sulfonamides is 1. The molecule has 1 N–H and O–H groups in total. The van der Waals surface area contributed by atoms with Crippen molar-refractivity contribution in [1.29, 1.82) is 0 Å². The molecular formula is C33H32N2O5S. The number of amides is 1. The lowest BCUT2D eigenvalue weighted by Crippen LogP contribution is -2.31. The van der Waals surface area contributed by atoms with Gasteiger partial charge in [0.05, 0.1) is 24.6 Å². The van der Waals surface area contributed by atoms with Gasteiger partial charge in [-0.05, 0) is 37.0 Å². The van der Waals surface area contributed by atoms with E-state index < -0.39 is 15.9 Å². The molecule has 0 saturated heterocycles.